The molecule has 0 bridgehead atoms. The average Bonchev–Trinajstić information content (AvgIpc) is 3.08. The van der Waals surface area contributed by atoms with Gasteiger partial charge in [0, 0.05) is 30.1 Å². The fourth-order valence-corrected chi connectivity index (χ4v) is 4.53. The Hall–Kier alpha value is -1.18. The number of aromatic amines is 1. The van der Waals surface area contributed by atoms with Gasteiger partial charge >= 0.3 is 0 Å². The molecule has 2 aromatic heterocycles. The number of piperidine rings is 1. The molecule has 3 rings (SSSR count). The zero-order chi connectivity index (χ0) is 14.9. The van der Waals surface area contributed by atoms with Gasteiger partial charge in [0.15, 0.2) is 9.84 Å². The fourth-order valence-electron chi connectivity index (χ4n) is 2.93. The van der Waals surface area contributed by atoms with Crippen LogP contribution in [0.25, 0.3) is 0 Å². The molecule has 7 heteroatoms. The molecule has 2 aromatic rings. The van der Waals surface area contributed by atoms with E-state index in [1.807, 2.05) is 0 Å². The van der Waals surface area contributed by atoms with Gasteiger partial charge in [-0.1, -0.05) is 6.07 Å². The number of thiophene rings is 1. The Morgan fingerprint density at radius 3 is 3.10 bits per heavy atom. The van der Waals surface area contributed by atoms with E-state index in [1.165, 1.54) is 17.3 Å². The Morgan fingerprint density at radius 2 is 2.38 bits per heavy atom. The normalized spacial score (nSPS) is 20.7. The summed E-state index contributed by atoms with van der Waals surface area (Å²) in [5.74, 6) is 0.214. The van der Waals surface area contributed by atoms with Crippen LogP contribution in [0.1, 0.15) is 29.3 Å². The van der Waals surface area contributed by atoms with Gasteiger partial charge in [0.2, 0.25) is 0 Å². The van der Waals surface area contributed by atoms with Crippen molar-refractivity contribution in [1.29, 1.82) is 0 Å². The summed E-state index contributed by atoms with van der Waals surface area (Å²) in [6.45, 7) is 2.88. The monoisotopic (exact) mass is 325 g/mol. The molecule has 1 unspecified atom stereocenters. The standard InChI is InChI=1S/C14H19N3O2S2/c1-21(18,19)13-8-15-16-14(13)11-4-2-6-17(9-11)10-12-5-3-7-20-12/h3,5,7-8,11H,2,4,6,9-10H2,1H3,(H,15,16). The zero-order valence-corrected chi connectivity index (χ0v) is 13.6. The predicted molar refractivity (Wildman–Crippen MR) is 83.3 cm³/mol. The molecule has 0 amide bonds. The minimum Gasteiger partial charge on any atom is -0.298 e. The Kier molecular flexibility index (Phi) is 4.14. The van der Waals surface area contributed by atoms with E-state index >= 15 is 0 Å². The number of H-pyrrole nitrogens is 1. The lowest BCUT2D eigenvalue weighted by molar-refractivity contribution is 0.199. The molecule has 1 atom stereocenters. The van der Waals surface area contributed by atoms with Gasteiger partial charge in [-0.3, -0.25) is 10.00 Å². The molecule has 1 saturated heterocycles. The highest BCUT2D eigenvalue weighted by Gasteiger charge is 2.27. The molecule has 1 N–H and O–H groups in total. The molecule has 0 aromatic carbocycles. The Labute approximate surface area is 128 Å². The molecule has 0 aliphatic carbocycles. The summed E-state index contributed by atoms with van der Waals surface area (Å²) < 4.78 is 23.6. The third-order valence-corrected chi connectivity index (χ3v) is 5.89. The van der Waals surface area contributed by atoms with E-state index in [4.69, 9.17) is 0 Å². The average molecular weight is 325 g/mol. The number of sulfone groups is 1. The smallest absolute Gasteiger partial charge is 0.178 e. The SMILES string of the molecule is CS(=O)(=O)c1cn[nH]c1C1CCCN(Cc2cccs2)C1. The molecule has 1 aliphatic rings. The lowest BCUT2D eigenvalue weighted by Gasteiger charge is -2.32. The number of rotatable bonds is 4. The van der Waals surface area contributed by atoms with Crippen LogP contribution >= 0.6 is 11.3 Å². The first-order chi connectivity index (χ1) is 10.0. The molecular formula is C14H19N3O2S2. The van der Waals surface area contributed by atoms with Gasteiger partial charge < -0.3 is 0 Å². The molecule has 21 heavy (non-hydrogen) atoms. The van der Waals surface area contributed by atoms with Gasteiger partial charge in [0.05, 0.1) is 11.9 Å². The quantitative estimate of drug-likeness (QED) is 0.936. The van der Waals surface area contributed by atoms with Gasteiger partial charge in [-0.25, -0.2) is 8.42 Å². The van der Waals surface area contributed by atoms with Gasteiger partial charge in [-0.15, -0.1) is 11.3 Å². The molecule has 5 nitrogen and oxygen atoms in total. The third kappa shape index (κ3) is 3.36. The van der Waals surface area contributed by atoms with Crippen molar-refractivity contribution in [2.75, 3.05) is 19.3 Å². The molecular weight excluding hydrogens is 306 g/mol. The van der Waals surface area contributed by atoms with Crippen molar-refractivity contribution in [2.45, 2.75) is 30.2 Å². The largest absolute Gasteiger partial charge is 0.298 e. The van der Waals surface area contributed by atoms with E-state index in [0.29, 0.717) is 4.90 Å². The summed E-state index contributed by atoms with van der Waals surface area (Å²) >= 11 is 1.76. The van der Waals surface area contributed by atoms with Crippen LogP contribution in [-0.4, -0.2) is 42.9 Å². The lowest BCUT2D eigenvalue weighted by Crippen LogP contribution is -2.34. The third-order valence-electron chi connectivity index (χ3n) is 3.91. The van der Waals surface area contributed by atoms with E-state index in [0.717, 1.165) is 38.2 Å². The predicted octanol–water partition coefficient (Wildman–Crippen LogP) is 2.25. The van der Waals surface area contributed by atoms with Crippen molar-refractivity contribution < 1.29 is 8.42 Å². The van der Waals surface area contributed by atoms with Crippen molar-refractivity contribution in [3.8, 4) is 0 Å². The second-order valence-electron chi connectivity index (χ2n) is 5.57. The summed E-state index contributed by atoms with van der Waals surface area (Å²) in [7, 11) is -3.22. The minimum absolute atomic E-state index is 0.214. The summed E-state index contributed by atoms with van der Waals surface area (Å²) in [6, 6.07) is 4.21. The summed E-state index contributed by atoms with van der Waals surface area (Å²) in [6.07, 6.45) is 4.76. The molecule has 114 valence electrons. The van der Waals surface area contributed by atoms with Gasteiger partial charge in [0.25, 0.3) is 0 Å². The van der Waals surface area contributed by atoms with Crippen molar-refractivity contribution in [3.63, 3.8) is 0 Å². The van der Waals surface area contributed by atoms with Crippen LogP contribution in [0.5, 0.6) is 0 Å². The number of likely N-dealkylation sites (tertiary alicyclic amines) is 1. The van der Waals surface area contributed by atoms with Crippen LogP contribution in [0, 0.1) is 0 Å². The first-order valence-electron chi connectivity index (χ1n) is 7.02. The fraction of sp³-hybridized carbons (Fsp3) is 0.500. The number of hydrogen-bond acceptors (Lipinski definition) is 5. The second-order valence-corrected chi connectivity index (χ2v) is 8.59. The topological polar surface area (TPSA) is 66.1 Å². The number of hydrogen-bond donors (Lipinski definition) is 1. The maximum Gasteiger partial charge on any atom is 0.178 e. The summed E-state index contributed by atoms with van der Waals surface area (Å²) in [5.41, 5.74) is 0.772. The molecule has 0 saturated carbocycles. The number of aromatic nitrogens is 2. The number of nitrogens with zero attached hydrogens (tertiary/aromatic N) is 2. The van der Waals surface area contributed by atoms with Gasteiger partial charge in [0.1, 0.15) is 4.90 Å². The van der Waals surface area contributed by atoms with Crippen LogP contribution in [0.3, 0.4) is 0 Å². The van der Waals surface area contributed by atoms with E-state index in [2.05, 4.69) is 32.6 Å². The first-order valence-corrected chi connectivity index (χ1v) is 9.79. The second kappa shape index (κ2) is 5.90. The molecule has 3 heterocycles. The van der Waals surface area contributed by atoms with Crippen LogP contribution < -0.4 is 0 Å². The molecule has 1 fully saturated rings. The van der Waals surface area contributed by atoms with Crippen LogP contribution in [0.4, 0.5) is 0 Å². The maximum atomic E-state index is 11.8. The van der Waals surface area contributed by atoms with Crippen LogP contribution in [0.15, 0.2) is 28.6 Å². The van der Waals surface area contributed by atoms with Crippen LogP contribution in [0.2, 0.25) is 0 Å². The van der Waals surface area contributed by atoms with Crippen molar-refractivity contribution in [1.82, 2.24) is 15.1 Å². The van der Waals surface area contributed by atoms with E-state index < -0.39 is 9.84 Å². The Bertz CT molecular complexity index is 692. The van der Waals surface area contributed by atoms with E-state index in [9.17, 15) is 8.42 Å². The number of nitrogens with one attached hydrogen (secondary N) is 1. The Balaban J connectivity index is 1.76. The molecule has 1 aliphatic heterocycles. The maximum absolute atomic E-state index is 11.8. The highest BCUT2D eigenvalue weighted by molar-refractivity contribution is 7.90. The highest BCUT2D eigenvalue weighted by atomic mass is 32.2. The zero-order valence-electron chi connectivity index (χ0n) is 11.9. The van der Waals surface area contributed by atoms with Gasteiger partial charge in [-0.2, -0.15) is 5.10 Å². The van der Waals surface area contributed by atoms with Gasteiger partial charge in [-0.05, 0) is 30.8 Å². The molecule has 0 spiro atoms. The highest BCUT2D eigenvalue weighted by Crippen LogP contribution is 2.30. The summed E-state index contributed by atoms with van der Waals surface area (Å²) in [4.78, 5) is 4.10. The molecule has 0 radical (unpaired) electrons. The Morgan fingerprint density at radius 1 is 1.52 bits per heavy atom. The lowest BCUT2D eigenvalue weighted by atomic mass is 9.95. The van der Waals surface area contributed by atoms with Crippen LogP contribution in [-0.2, 0) is 16.4 Å². The van der Waals surface area contributed by atoms with E-state index in [-0.39, 0.29) is 5.92 Å². The first kappa shape index (κ1) is 14.7. The van der Waals surface area contributed by atoms with Crippen molar-refractivity contribution >= 4 is 21.2 Å². The summed E-state index contributed by atoms with van der Waals surface area (Å²) in [5, 5.41) is 8.94. The van der Waals surface area contributed by atoms with Crippen molar-refractivity contribution in [2.24, 2.45) is 0 Å². The van der Waals surface area contributed by atoms with E-state index in [1.54, 1.807) is 11.3 Å². The minimum atomic E-state index is -3.22. The van der Waals surface area contributed by atoms with Crippen molar-refractivity contribution in [3.05, 3.63) is 34.3 Å².